The summed E-state index contributed by atoms with van der Waals surface area (Å²) in [7, 11) is -3.44. The number of rotatable bonds is 5. The number of carbonyl (C=O) groups excluding carboxylic acids is 1. The Bertz CT molecular complexity index is 852. The molecule has 0 unspecified atom stereocenters. The maximum atomic E-state index is 12.6. The third kappa shape index (κ3) is 4.51. The first-order valence-corrected chi connectivity index (χ1v) is 10.3. The van der Waals surface area contributed by atoms with Crippen molar-refractivity contribution >= 4 is 16.0 Å². The number of aryl methyl sites for hydroxylation is 1. The Morgan fingerprint density at radius 3 is 2.19 bits per heavy atom. The Hall–Kier alpha value is -2.18. The van der Waals surface area contributed by atoms with Crippen molar-refractivity contribution < 1.29 is 17.9 Å². The second-order valence-corrected chi connectivity index (χ2v) is 8.51. The highest BCUT2D eigenvalue weighted by molar-refractivity contribution is 7.89. The van der Waals surface area contributed by atoms with Gasteiger partial charge in [0.1, 0.15) is 5.75 Å². The topological polar surface area (TPSA) is 63.7 Å². The molecule has 0 atom stereocenters. The molecule has 1 heterocycles. The minimum absolute atomic E-state index is 0.0952. The van der Waals surface area contributed by atoms with Gasteiger partial charge in [-0.15, -0.1) is 0 Å². The standard InChI is InChI=1S/C20H23NO4S/c1-16-5-9-18(10-6-16)25-20(22)15-17-7-11-19(12-8-17)26(23,24)21-13-3-2-4-14-21/h5-12H,2-4,13-15H2,1H3. The van der Waals surface area contributed by atoms with Crippen LogP contribution in [0.3, 0.4) is 0 Å². The van der Waals surface area contributed by atoms with E-state index in [1.54, 1.807) is 36.4 Å². The van der Waals surface area contributed by atoms with Crippen LogP contribution in [0.5, 0.6) is 5.75 Å². The first-order valence-electron chi connectivity index (χ1n) is 8.81. The van der Waals surface area contributed by atoms with Crippen LogP contribution >= 0.6 is 0 Å². The lowest BCUT2D eigenvalue weighted by Gasteiger charge is -2.25. The van der Waals surface area contributed by atoms with Crippen LogP contribution in [0, 0.1) is 6.92 Å². The zero-order valence-electron chi connectivity index (χ0n) is 14.8. The highest BCUT2D eigenvalue weighted by Gasteiger charge is 2.25. The van der Waals surface area contributed by atoms with Crippen molar-refractivity contribution in [3.63, 3.8) is 0 Å². The summed E-state index contributed by atoms with van der Waals surface area (Å²) in [5.41, 5.74) is 1.81. The van der Waals surface area contributed by atoms with Crippen molar-refractivity contribution in [3.05, 3.63) is 59.7 Å². The van der Waals surface area contributed by atoms with Gasteiger partial charge in [-0.2, -0.15) is 4.31 Å². The molecule has 1 fully saturated rings. The molecule has 0 aliphatic carbocycles. The molecule has 0 saturated carbocycles. The monoisotopic (exact) mass is 373 g/mol. The van der Waals surface area contributed by atoms with Gasteiger partial charge < -0.3 is 4.74 Å². The summed E-state index contributed by atoms with van der Waals surface area (Å²) in [6, 6.07) is 13.7. The first-order chi connectivity index (χ1) is 12.4. The summed E-state index contributed by atoms with van der Waals surface area (Å²) in [5, 5.41) is 0. The normalized spacial score (nSPS) is 15.6. The molecule has 138 valence electrons. The summed E-state index contributed by atoms with van der Waals surface area (Å²) in [6.45, 7) is 3.12. The van der Waals surface area contributed by atoms with Crippen LogP contribution in [0.1, 0.15) is 30.4 Å². The fourth-order valence-corrected chi connectivity index (χ4v) is 4.49. The van der Waals surface area contributed by atoms with Crippen LogP contribution in [0.15, 0.2) is 53.4 Å². The van der Waals surface area contributed by atoms with Crippen molar-refractivity contribution in [2.24, 2.45) is 0 Å². The van der Waals surface area contributed by atoms with Gasteiger partial charge in [0.2, 0.25) is 10.0 Å². The molecule has 0 radical (unpaired) electrons. The van der Waals surface area contributed by atoms with Crippen LogP contribution < -0.4 is 4.74 Å². The van der Waals surface area contributed by atoms with E-state index in [9.17, 15) is 13.2 Å². The molecule has 2 aromatic rings. The number of sulfonamides is 1. The molecule has 6 heteroatoms. The van der Waals surface area contributed by atoms with Gasteiger partial charge in [-0.25, -0.2) is 8.42 Å². The number of piperidine rings is 1. The molecule has 5 nitrogen and oxygen atoms in total. The number of nitrogens with zero attached hydrogens (tertiary/aromatic N) is 1. The van der Waals surface area contributed by atoms with Crippen molar-refractivity contribution in [1.29, 1.82) is 0 Å². The molecular weight excluding hydrogens is 350 g/mol. The fourth-order valence-electron chi connectivity index (χ4n) is 2.97. The Kier molecular flexibility index (Phi) is 5.74. The Morgan fingerprint density at radius 2 is 1.58 bits per heavy atom. The summed E-state index contributed by atoms with van der Waals surface area (Å²) in [6.07, 6.45) is 2.98. The molecule has 0 N–H and O–H groups in total. The molecule has 0 bridgehead atoms. The molecule has 1 saturated heterocycles. The Labute approximate surface area is 154 Å². The molecule has 1 aliphatic heterocycles. The predicted octanol–water partition coefficient (Wildman–Crippen LogP) is 3.32. The van der Waals surface area contributed by atoms with Crippen molar-refractivity contribution in [2.45, 2.75) is 37.5 Å². The summed E-state index contributed by atoms with van der Waals surface area (Å²) >= 11 is 0. The molecule has 1 aliphatic rings. The lowest BCUT2D eigenvalue weighted by atomic mass is 10.1. The van der Waals surface area contributed by atoms with E-state index >= 15 is 0 Å². The number of carbonyl (C=O) groups is 1. The van der Waals surface area contributed by atoms with Crippen LogP contribution in [-0.4, -0.2) is 31.8 Å². The van der Waals surface area contributed by atoms with Gasteiger partial charge in [-0.05, 0) is 49.6 Å². The number of ether oxygens (including phenoxy) is 1. The summed E-state index contributed by atoms with van der Waals surface area (Å²) in [5.74, 6) is 0.130. The van der Waals surface area contributed by atoms with E-state index in [1.165, 1.54) is 4.31 Å². The van der Waals surface area contributed by atoms with Gasteiger partial charge in [0.15, 0.2) is 0 Å². The van der Waals surface area contributed by atoms with E-state index in [-0.39, 0.29) is 17.3 Å². The maximum Gasteiger partial charge on any atom is 0.315 e. The van der Waals surface area contributed by atoms with Crippen molar-refractivity contribution in [3.8, 4) is 5.75 Å². The number of hydrogen-bond donors (Lipinski definition) is 0. The lowest BCUT2D eigenvalue weighted by Crippen LogP contribution is -2.35. The minimum atomic E-state index is -3.44. The first kappa shape index (κ1) is 18.6. The number of hydrogen-bond acceptors (Lipinski definition) is 4. The zero-order chi connectivity index (χ0) is 18.6. The van der Waals surface area contributed by atoms with Crippen LogP contribution in [0.25, 0.3) is 0 Å². The van der Waals surface area contributed by atoms with Gasteiger partial charge in [0.25, 0.3) is 0 Å². The average Bonchev–Trinajstić information content (AvgIpc) is 2.65. The average molecular weight is 373 g/mol. The highest BCUT2D eigenvalue weighted by Crippen LogP contribution is 2.21. The molecular formula is C20H23NO4S. The van der Waals surface area contributed by atoms with Crippen LogP contribution in [0.2, 0.25) is 0 Å². The van der Waals surface area contributed by atoms with E-state index in [2.05, 4.69) is 0 Å². The van der Waals surface area contributed by atoms with Crippen molar-refractivity contribution in [2.75, 3.05) is 13.1 Å². The minimum Gasteiger partial charge on any atom is -0.426 e. The van der Waals surface area contributed by atoms with Gasteiger partial charge in [0.05, 0.1) is 11.3 Å². The fraction of sp³-hybridized carbons (Fsp3) is 0.350. The van der Waals surface area contributed by atoms with Gasteiger partial charge in [-0.1, -0.05) is 36.2 Å². The largest absolute Gasteiger partial charge is 0.426 e. The van der Waals surface area contributed by atoms with Crippen molar-refractivity contribution in [1.82, 2.24) is 4.31 Å². The molecule has 2 aromatic carbocycles. The summed E-state index contributed by atoms with van der Waals surface area (Å²) in [4.78, 5) is 12.3. The van der Waals surface area contributed by atoms with E-state index in [0.717, 1.165) is 30.4 Å². The quantitative estimate of drug-likeness (QED) is 0.596. The SMILES string of the molecule is Cc1ccc(OC(=O)Cc2ccc(S(=O)(=O)N3CCCCC3)cc2)cc1. The third-order valence-corrected chi connectivity index (χ3v) is 6.39. The highest BCUT2D eigenvalue weighted by atomic mass is 32.2. The molecule has 26 heavy (non-hydrogen) atoms. The molecule has 0 amide bonds. The second-order valence-electron chi connectivity index (χ2n) is 6.57. The number of benzene rings is 2. The number of esters is 1. The maximum absolute atomic E-state index is 12.6. The molecule has 0 aromatic heterocycles. The van der Waals surface area contributed by atoms with Crippen LogP contribution in [0.4, 0.5) is 0 Å². The Balaban J connectivity index is 1.63. The van der Waals surface area contributed by atoms with E-state index in [1.807, 2.05) is 19.1 Å². The van der Waals surface area contributed by atoms with Gasteiger partial charge >= 0.3 is 5.97 Å². The van der Waals surface area contributed by atoms with Gasteiger partial charge in [-0.3, -0.25) is 4.79 Å². The van der Waals surface area contributed by atoms with E-state index in [0.29, 0.717) is 18.8 Å². The lowest BCUT2D eigenvalue weighted by molar-refractivity contribution is -0.133. The predicted molar refractivity (Wildman–Crippen MR) is 99.6 cm³/mol. The van der Waals surface area contributed by atoms with E-state index < -0.39 is 10.0 Å². The van der Waals surface area contributed by atoms with Gasteiger partial charge in [0, 0.05) is 13.1 Å². The Morgan fingerprint density at radius 1 is 0.962 bits per heavy atom. The summed E-state index contributed by atoms with van der Waals surface area (Å²) < 4.78 is 32.1. The van der Waals surface area contributed by atoms with Crippen LogP contribution in [-0.2, 0) is 21.2 Å². The second kappa shape index (κ2) is 8.01. The third-order valence-electron chi connectivity index (χ3n) is 4.48. The molecule has 3 rings (SSSR count). The van der Waals surface area contributed by atoms with E-state index in [4.69, 9.17) is 4.74 Å². The smallest absolute Gasteiger partial charge is 0.315 e. The zero-order valence-corrected chi connectivity index (χ0v) is 15.7. The molecule has 0 spiro atoms.